The van der Waals surface area contributed by atoms with Gasteiger partial charge in [-0.1, -0.05) is 43.7 Å². The van der Waals surface area contributed by atoms with Gasteiger partial charge in [-0.15, -0.1) is 0 Å². The summed E-state index contributed by atoms with van der Waals surface area (Å²) in [4.78, 5) is 18.3. The van der Waals surface area contributed by atoms with Gasteiger partial charge < -0.3 is 10.2 Å². The van der Waals surface area contributed by atoms with Crippen LogP contribution in [0.1, 0.15) is 42.1 Å². The largest absolute Gasteiger partial charge is 0.384 e. The molecule has 0 fully saturated rings. The highest BCUT2D eigenvalue weighted by Crippen LogP contribution is 2.11. The van der Waals surface area contributed by atoms with Crippen molar-refractivity contribution in [3.63, 3.8) is 0 Å². The van der Waals surface area contributed by atoms with E-state index in [0.29, 0.717) is 5.56 Å². The Balaban J connectivity index is 1.82. The molecule has 0 aliphatic carbocycles. The van der Waals surface area contributed by atoms with Gasteiger partial charge >= 0.3 is 0 Å². The van der Waals surface area contributed by atoms with Crippen LogP contribution in [0.15, 0.2) is 48.8 Å². The fourth-order valence-corrected chi connectivity index (χ4v) is 2.54. The molecule has 1 N–H and O–H groups in total. The summed E-state index contributed by atoms with van der Waals surface area (Å²) >= 11 is 0. The fourth-order valence-electron chi connectivity index (χ4n) is 2.54. The van der Waals surface area contributed by atoms with Gasteiger partial charge in [0.25, 0.3) is 5.91 Å². The summed E-state index contributed by atoms with van der Waals surface area (Å²) in [6.45, 7) is 3.77. The van der Waals surface area contributed by atoms with Gasteiger partial charge in [-0.25, -0.2) is 0 Å². The number of benzene rings is 1. The van der Waals surface area contributed by atoms with Crippen molar-refractivity contribution in [2.45, 2.75) is 32.6 Å². The van der Waals surface area contributed by atoms with E-state index in [2.05, 4.69) is 41.5 Å². The van der Waals surface area contributed by atoms with Gasteiger partial charge in [-0.2, -0.15) is 0 Å². The van der Waals surface area contributed by atoms with Crippen molar-refractivity contribution in [1.82, 2.24) is 9.88 Å². The first-order chi connectivity index (χ1) is 11.7. The molecule has 0 unspecified atom stereocenters. The average molecular weight is 325 g/mol. The van der Waals surface area contributed by atoms with Crippen molar-refractivity contribution in [3.05, 3.63) is 59.9 Å². The topological polar surface area (TPSA) is 45.2 Å². The molecule has 1 heterocycles. The van der Waals surface area contributed by atoms with Crippen LogP contribution in [-0.2, 0) is 6.42 Å². The molecule has 0 atom stereocenters. The lowest BCUT2D eigenvalue weighted by atomic mass is 10.1. The second kappa shape index (κ2) is 9.71. The monoisotopic (exact) mass is 325 g/mol. The van der Waals surface area contributed by atoms with Crippen molar-refractivity contribution < 1.29 is 4.79 Å². The summed E-state index contributed by atoms with van der Waals surface area (Å²) < 4.78 is 0. The first kappa shape index (κ1) is 18.0. The summed E-state index contributed by atoms with van der Waals surface area (Å²) in [5.74, 6) is 0.0314. The molecule has 0 bridgehead atoms. The minimum absolute atomic E-state index is 0.0314. The van der Waals surface area contributed by atoms with E-state index in [-0.39, 0.29) is 5.91 Å². The maximum absolute atomic E-state index is 12.4. The van der Waals surface area contributed by atoms with Crippen LogP contribution in [0.5, 0.6) is 0 Å². The minimum Gasteiger partial charge on any atom is -0.384 e. The van der Waals surface area contributed by atoms with Gasteiger partial charge in [0.05, 0.1) is 11.3 Å². The van der Waals surface area contributed by atoms with Crippen LogP contribution in [0.2, 0.25) is 0 Å². The Hall–Kier alpha value is -2.36. The first-order valence-corrected chi connectivity index (χ1v) is 8.69. The predicted molar refractivity (Wildman–Crippen MR) is 99.4 cm³/mol. The zero-order valence-electron chi connectivity index (χ0n) is 14.7. The highest BCUT2D eigenvalue weighted by Gasteiger charge is 2.11. The number of carbonyl (C=O) groups is 1. The Morgan fingerprint density at radius 3 is 2.71 bits per heavy atom. The van der Waals surface area contributed by atoms with Crippen LogP contribution >= 0.6 is 0 Å². The number of amides is 1. The van der Waals surface area contributed by atoms with Gasteiger partial charge in [0, 0.05) is 32.5 Å². The van der Waals surface area contributed by atoms with E-state index in [4.69, 9.17) is 0 Å². The second-order valence-electron chi connectivity index (χ2n) is 6.06. The number of hydrogen-bond donors (Lipinski definition) is 1. The van der Waals surface area contributed by atoms with Crippen LogP contribution in [0.25, 0.3) is 0 Å². The number of aryl methyl sites for hydroxylation is 1. The van der Waals surface area contributed by atoms with Crippen LogP contribution in [-0.4, -0.2) is 35.9 Å². The van der Waals surface area contributed by atoms with E-state index < -0.39 is 0 Å². The number of aromatic nitrogens is 1. The van der Waals surface area contributed by atoms with Crippen molar-refractivity contribution in [1.29, 1.82) is 0 Å². The number of nitrogens with zero attached hydrogens (tertiary/aromatic N) is 2. The van der Waals surface area contributed by atoms with Crippen LogP contribution in [0.4, 0.5) is 5.69 Å². The van der Waals surface area contributed by atoms with Crippen LogP contribution in [0, 0.1) is 0 Å². The molecule has 0 radical (unpaired) electrons. The summed E-state index contributed by atoms with van der Waals surface area (Å²) in [6, 6.07) is 12.3. The van der Waals surface area contributed by atoms with Crippen molar-refractivity contribution >= 4 is 11.6 Å². The molecule has 0 saturated heterocycles. The highest BCUT2D eigenvalue weighted by molar-refractivity contribution is 5.94. The fraction of sp³-hybridized carbons (Fsp3) is 0.400. The zero-order chi connectivity index (χ0) is 17.2. The number of rotatable bonds is 9. The molecule has 24 heavy (non-hydrogen) atoms. The summed E-state index contributed by atoms with van der Waals surface area (Å²) in [5.41, 5.74) is 2.89. The Morgan fingerprint density at radius 1 is 1.17 bits per heavy atom. The van der Waals surface area contributed by atoms with Gasteiger partial charge in [0.15, 0.2) is 0 Å². The SMILES string of the molecule is CCCCN(C)C(=O)c1cncc(NCCCc2ccccc2)c1. The first-order valence-electron chi connectivity index (χ1n) is 8.69. The summed E-state index contributed by atoms with van der Waals surface area (Å²) in [5, 5.41) is 3.36. The third-order valence-electron chi connectivity index (χ3n) is 3.99. The van der Waals surface area contributed by atoms with Crippen LogP contribution < -0.4 is 5.32 Å². The summed E-state index contributed by atoms with van der Waals surface area (Å²) in [7, 11) is 1.85. The Kier molecular flexibility index (Phi) is 7.27. The number of anilines is 1. The third kappa shape index (κ3) is 5.69. The maximum Gasteiger partial charge on any atom is 0.255 e. The molecule has 2 rings (SSSR count). The van der Waals surface area contributed by atoms with E-state index in [9.17, 15) is 4.79 Å². The van der Waals surface area contributed by atoms with Crippen molar-refractivity contribution in [2.75, 3.05) is 25.5 Å². The smallest absolute Gasteiger partial charge is 0.255 e. The van der Waals surface area contributed by atoms with Gasteiger partial charge in [0.1, 0.15) is 0 Å². The second-order valence-corrected chi connectivity index (χ2v) is 6.06. The molecule has 0 aliphatic heterocycles. The highest BCUT2D eigenvalue weighted by atomic mass is 16.2. The van der Waals surface area contributed by atoms with E-state index in [0.717, 1.165) is 44.5 Å². The normalized spacial score (nSPS) is 10.4. The zero-order valence-corrected chi connectivity index (χ0v) is 14.7. The molecule has 2 aromatic rings. The lowest BCUT2D eigenvalue weighted by Crippen LogP contribution is -2.27. The molecule has 1 aromatic heterocycles. The van der Waals surface area contributed by atoms with Gasteiger partial charge in [0.2, 0.25) is 0 Å². The molecule has 0 saturated carbocycles. The lowest BCUT2D eigenvalue weighted by Gasteiger charge is -2.17. The molecule has 128 valence electrons. The Bertz CT molecular complexity index is 628. The molecule has 1 amide bonds. The quantitative estimate of drug-likeness (QED) is 0.709. The molecular weight excluding hydrogens is 298 g/mol. The average Bonchev–Trinajstić information content (AvgIpc) is 2.63. The molecule has 0 aliphatic rings. The summed E-state index contributed by atoms with van der Waals surface area (Å²) in [6.07, 6.45) is 7.59. The molecule has 4 nitrogen and oxygen atoms in total. The van der Waals surface area contributed by atoms with E-state index in [1.807, 2.05) is 19.2 Å². The Labute approximate surface area is 144 Å². The molecule has 1 aromatic carbocycles. The van der Waals surface area contributed by atoms with Crippen molar-refractivity contribution in [2.24, 2.45) is 0 Å². The molecule has 0 spiro atoms. The number of carbonyl (C=O) groups excluding carboxylic acids is 1. The maximum atomic E-state index is 12.4. The van der Waals surface area contributed by atoms with Gasteiger partial charge in [-0.3, -0.25) is 9.78 Å². The Morgan fingerprint density at radius 2 is 1.96 bits per heavy atom. The van der Waals surface area contributed by atoms with E-state index in [1.165, 1.54) is 5.56 Å². The minimum atomic E-state index is 0.0314. The molecule has 4 heteroatoms. The predicted octanol–water partition coefficient (Wildman–Crippen LogP) is 4.00. The third-order valence-corrected chi connectivity index (χ3v) is 3.99. The molecular formula is C20H27N3O. The number of nitrogens with one attached hydrogen (secondary N) is 1. The lowest BCUT2D eigenvalue weighted by molar-refractivity contribution is 0.0793. The standard InChI is InChI=1S/C20H27N3O/c1-3-4-13-23(2)20(24)18-14-19(16-21-15-18)22-12-8-11-17-9-6-5-7-10-17/h5-7,9-10,14-16,22H,3-4,8,11-13H2,1-2H3. The van der Waals surface area contributed by atoms with Crippen molar-refractivity contribution in [3.8, 4) is 0 Å². The van der Waals surface area contributed by atoms with Crippen LogP contribution in [0.3, 0.4) is 0 Å². The number of hydrogen-bond acceptors (Lipinski definition) is 3. The van der Waals surface area contributed by atoms with E-state index in [1.54, 1.807) is 17.3 Å². The number of unbranched alkanes of at least 4 members (excludes halogenated alkanes) is 1. The van der Waals surface area contributed by atoms with E-state index >= 15 is 0 Å². The number of pyridine rings is 1. The van der Waals surface area contributed by atoms with Gasteiger partial charge in [-0.05, 0) is 30.9 Å².